The fourth-order valence-corrected chi connectivity index (χ4v) is 1.01. The molecule has 3 unspecified atom stereocenters. The van der Waals surface area contributed by atoms with E-state index in [0.717, 1.165) is 6.61 Å². The summed E-state index contributed by atoms with van der Waals surface area (Å²) in [5.74, 6) is -1.97. The lowest BCUT2D eigenvalue weighted by Crippen LogP contribution is -2.32. The number of aliphatic hydroxyl groups is 2. The molecule has 0 saturated heterocycles. The molecule has 6 heteroatoms. The molecule has 1 radical (unpaired) electrons. The Kier molecular flexibility index (Phi) is 6.85. The van der Waals surface area contributed by atoms with Crippen LogP contribution in [0.15, 0.2) is 0 Å². The van der Waals surface area contributed by atoms with Crippen molar-refractivity contribution in [1.82, 2.24) is 0 Å². The molecule has 0 rings (SSSR count). The summed E-state index contributed by atoms with van der Waals surface area (Å²) in [5, 5.41) is 26.4. The molecule has 0 saturated carbocycles. The molecule has 0 aliphatic heterocycles. The molecular weight excluding hydrogens is 204 g/mol. The molecule has 0 aliphatic carbocycles. The van der Waals surface area contributed by atoms with Gasteiger partial charge in [0.25, 0.3) is 0 Å². The SMILES string of the molecule is CC(C(=O)O)C(CC(O)CO)O[CH]C=O. The first-order valence-electron chi connectivity index (χ1n) is 4.47. The number of aldehydes is 1. The molecule has 0 aliphatic rings. The van der Waals surface area contributed by atoms with Crippen LogP contribution in [0.1, 0.15) is 13.3 Å². The zero-order chi connectivity index (χ0) is 11.8. The van der Waals surface area contributed by atoms with E-state index in [1.807, 2.05) is 0 Å². The highest BCUT2D eigenvalue weighted by Gasteiger charge is 2.26. The minimum absolute atomic E-state index is 0.0473. The van der Waals surface area contributed by atoms with Gasteiger partial charge in [-0.1, -0.05) is 0 Å². The summed E-state index contributed by atoms with van der Waals surface area (Å²) in [6, 6.07) is 0. The van der Waals surface area contributed by atoms with Crippen LogP contribution in [0.3, 0.4) is 0 Å². The third-order valence-electron chi connectivity index (χ3n) is 1.97. The summed E-state index contributed by atoms with van der Waals surface area (Å²) >= 11 is 0. The Bertz CT molecular complexity index is 205. The van der Waals surface area contributed by atoms with E-state index in [0.29, 0.717) is 6.29 Å². The number of carbonyl (C=O) groups is 2. The fraction of sp³-hybridized carbons (Fsp3) is 0.667. The number of carboxylic acid groups (broad SMARTS) is 1. The molecule has 87 valence electrons. The Morgan fingerprint density at radius 1 is 1.53 bits per heavy atom. The average molecular weight is 219 g/mol. The van der Waals surface area contributed by atoms with Crippen molar-refractivity contribution in [3.8, 4) is 0 Å². The molecule has 0 aromatic carbocycles. The third kappa shape index (κ3) is 5.46. The quantitative estimate of drug-likeness (QED) is 0.461. The van der Waals surface area contributed by atoms with Crippen molar-refractivity contribution in [2.45, 2.75) is 25.6 Å². The molecule has 0 fully saturated rings. The van der Waals surface area contributed by atoms with E-state index in [4.69, 9.17) is 20.1 Å². The van der Waals surface area contributed by atoms with Gasteiger partial charge >= 0.3 is 5.97 Å². The van der Waals surface area contributed by atoms with E-state index < -0.39 is 30.7 Å². The van der Waals surface area contributed by atoms with Gasteiger partial charge in [-0.05, 0) is 6.92 Å². The minimum atomic E-state index is -1.09. The highest BCUT2D eigenvalue weighted by Crippen LogP contribution is 2.14. The summed E-state index contributed by atoms with van der Waals surface area (Å²) < 4.78 is 4.84. The highest BCUT2D eigenvalue weighted by atomic mass is 16.5. The molecular formula is C9H15O6. The van der Waals surface area contributed by atoms with Crippen molar-refractivity contribution in [3.05, 3.63) is 6.61 Å². The number of aliphatic carboxylic acids is 1. The molecule has 0 aromatic rings. The van der Waals surface area contributed by atoms with E-state index in [2.05, 4.69) is 0 Å². The number of hydrogen-bond acceptors (Lipinski definition) is 5. The van der Waals surface area contributed by atoms with Crippen LogP contribution < -0.4 is 0 Å². The topological polar surface area (TPSA) is 104 Å². The zero-order valence-electron chi connectivity index (χ0n) is 8.37. The maximum Gasteiger partial charge on any atom is 0.308 e. The van der Waals surface area contributed by atoms with Crippen LogP contribution >= 0.6 is 0 Å². The van der Waals surface area contributed by atoms with Crippen molar-refractivity contribution in [2.24, 2.45) is 5.92 Å². The van der Waals surface area contributed by atoms with E-state index in [9.17, 15) is 9.59 Å². The molecule has 15 heavy (non-hydrogen) atoms. The lowest BCUT2D eigenvalue weighted by Gasteiger charge is -2.22. The normalized spacial score (nSPS) is 16.7. The minimum Gasteiger partial charge on any atom is -0.481 e. The highest BCUT2D eigenvalue weighted by molar-refractivity contribution is 5.70. The van der Waals surface area contributed by atoms with Crippen LogP contribution in [-0.2, 0) is 14.3 Å². The Hall–Kier alpha value is -0.980. The monoisotopic (exact) mass is 219 g/mol. The van der Waals surface area contributed by atoms with E-state index >= 15 is 0 Å². The first-order chi connectivity index (χ1) is 7.02. The van der Waals surface area contributed by atoms with Crippen LogP contribution in [0.4, 0.5) is 0 Å². The van der Waals surface area contributed by atoms with Crippen molar-refractivity contribution >= 4 is 12.3 Å². The van der Waals surface area contributed by atoms with Crippen LogP contribution in [0.2, 0.25) is 0 Å². The smallest absolute Gasteiger partial charge is 0.308 e. The van der Waals surface area contributed by atoms with E-state index in [1.54, 1.807) is 0 Å². The maximum absolute atomic E-state index is 10.6. The number of hydrogen-bond donors (Lipinski definition) is 3. The standard InChI is InChI=1S/C9H15O6/c1-6(9(13)14)8(15-3-2-10)4-7(12)5-11/h2-3,6-8,11-12H,4-5H2,1H3,(H,13,14). The Labute approximate surface area is 87.5 Å². The van der Waals surface area contributed by atoms with Crippen LogP contribution in [-0.4, -0.2) is 46.4 Å². The lowest BCUT2D eigenvalue weighted by molar-refractivity contribution is -0.147. The summed E-state index contributed by atoms with van der Waals surface area (Å²) in [5.41, 5.74) is 0. The van der Waals surface area contributed by atoms with Crippen LogP contribution in [0, 0.1) is 12.5 Å². The van der Waals surface area contributed by atoms with Crippen molar-refractivity contribution in [1.29, 1.82) is 0 Å². The van der Waals surface area contributed by atoms with Crippen molar-refractivity contribution < 1.29 is 29.6 Å². The first-order valence-corrected chi connectivity index (χ1v) is 4.47. The van der Waals surface area contributed by atoms with Gasteiger partial charge in [-0.25, -0.2) is 0 Å². The summed E-state index contributed by atoms with van der Waals surface area (Å²) in [4.78, 5) is 20.7. The van der Waals surface area contributed by atoms with E-state index in [-0.39, 0.29) is 6.42 Å². The molecule has 0 bridgehead atoms. The predicted octanol–water partition coefficient (Wildman–Crippen LogP) is -0.804. The Morgan fingerprint density at radius 3 is 2.53 bits per heavy atom. The summed E-state index contributed by atoms with van der Waals surface area (Å²) in [6.07, 6.45) is -1.56. The molecule has 0 amide bonds. The van der Waals surface area contributed by atoms with Gasteiger partial charge in [0.15, 0.2) is 6.29 Å². The van der Waals surface area contributed by atoms with Gasteiger partial charge in [0, 0.05) is 6.42 Å². The lowest BCUT2D eigenvalue weighted by atomic mass is 9.99. The maximum atomic E-state index is 10.6. The van der Waals surface area contributed by atoms with Gasteiger partial charge in [-0.2, -0.15) is 0 Å². The van der Waals surface area contributed by atoms with Crippen LogP contribution in [0.25, 0.3) is 0 Å². The van der Waals surface area contributed by atoms with Gasteiger partial charge < -0.3 is 24.9 Å². The molecule has 6 nitrogen and oxygen atoms in total. The number of ether oxygens (including phenoxy) is 1. The number of carbonyl (C=O) groups excluding carboxylic acids is 1. The largest absolute Gasteiger partial charge is 0.481 e. The van der Waals surface area contributed by atoms with Gasteiger partial charge in [0.1, 0.15) is 6.61 Å². The molecule has 0 spiro atoms. The number of aliphatic hydroxyl groups excluding tert-OH is 2. The van der Waals surface area contributed by atoms with Crippen molar-refractivity contribution in [3.63, 3.8) is 0 Å². The molecule has 3 atom stereocenters. The van der Waals surface area contributed by atoms with Crippen LogP contribution in [0.5, 0.6) is 0 Å². The fourth-order valence-electron chi connectivity index (χ4n) is 1.01. The second-order valence-electron chi connectivity index (χ2n) is 3.15. The molecule has 0 heterocycles. The predicted molar refractivity (Wildman–Crippen MR) is 49.7 cm³/mol. The second kappa shape index (κ2) is 7.33. The summed E-state index contributed by atoms with van der Waals surface area (Å²) in [7, 11) is 0. The second-order valence-corrected chi connectivity index (χ2v) is 3.15. The molecule has 3 N–H and O–H groups in total. The van der Waals surface area contributed by atoms with E-state index in [1.165, 1.54) is 6.92 Å². The first kappa shape index (κ1) is 14.0. The average Bonchev–Trinajstić information content (AvgIpc) is 2.22. The van der Waals surface area contributed by atoms with Gasteiger partial charge in [-0.3, -0.25) is 4.79 Å². The number of rotatable bonds is 8. The molecule has 0 aromatic heterocycles. The van der Waals surface area contributed by atoms with Gasteiger partial charge in [0.05, 0.1) is 24.7 Å². The Balaban J connectivity index is 4.28. The third-order valence-corrected chi connectivity index (χ3v) is 1.97. The number of carboxylic acids is 1. The van der Waals surface area contributed by atoms with Gasteiger partial charge in [0.2, 0.25) is 0 Å². The Morgan fingerprint density at radius 2 is 2.13 bits per heavy atom. The van der Waals surface area contributed by atoms with Crippen molar-refractivity contribution in [2.75, 3.05) is 6.61 Å². The van der Waals surface area contributed by atoms with Gasteiger partial charge in [-0.15, -0.1) is 0 Å². The zero-order valence-corrected chi connectivity index (χ0v) is 8.37. The summed E-state index contributed by atoms with van der Waals surface area (Å²) in [6.45, 7) is 1.75.